The first kappa shape index (κ1) is 16.2. The molecular weight excluding hydrogens is 276 g/mol. The van der Waals surface area contributed by atoms with Gasteiger partial charge in [-0.15, -0.1) is 0 Å². The fourth-order valence-electron chi connectivity index (χ4n) is 2.88. The zero-order chi connectivity index (χ0) is 15.3. The number of para-hydroxylation sites is 1. The maximum atomic E-state index is 12.4. The average molecular weight is 299 g/mol. The highest BCUT2D eigenvalue weighted by Gasteiger charge is 2.29. The molecule has 1 unspecified atom stereocenters. The highest BCUT2D eigenvalue weighted by molar-refractivity contribution is 5.35. The Morgan fingerprint density at radius 1 is 1.24 bits per heavy atom. The summed E-state index contributed by atoms with van der Waals surface area (Å²) in [5, 5.41) is 13.7. The molecule has 1 fully saturated rings. The average Bonchev–Trinajstić information content (AvgIpc) is 2.46. The van der Waals surface area contributed by atoms with Gasteiger partial charge in [-0.1, -0.05) is 37.5 Å². The number of hydrogen-bond donors (Lipinski definition) is 2. The number of benzene rings is 1. The molecule has 1 saturated carbocycles. The Morgan fingerprint density at radius 3 is 2.57 bits per heavy atom. The van der Waals surface area contributed by atoms with Gasteiger partial charge in [0.05, 0.1) is 5.60 Å². The van der Waals surface area contributed by atoms with E-state index in [1.54, 1.807) is 18.2 Å². The van der Waals surface area contributed by atoms with E-state index in [4.69, 9.17) is 0 Å². The van der Waals surface area contributed by atoms with Crippen LogP contribution in [0.2, 0.25) is 0 Å². The van der Waals surface area contributed by atoms with Gasteiger partial charge in [-0.05, 0) is 25.8 Å². The summed E-state index contributed by atoms with van der Waals surface area (Å²) in [4.78, 5) is 0. The summed E-state index contributed by atoms with van der Waals surface area (Å²) in [7, 11) is 0. The maximum absolute atomic E-state index is 12.4. The van der Waals surface area contributed by atoms with Crippen molar-refractivity contribution < 1.29 is 18.6 Å². The lowest BCUT2D eigenvalue weighted by molar-refractivity contribution is -0.0508. The summed E-state index contributed by atoms with van der Waals surface area (Å²) in [5.41, 5.74) is 0.00240. The van der Waals surface area contributed by atoms with Crippen LogP contribution in [0.5, 0.6) is 5.75 Å². The molecule has 3 nitrogen and oxygen atoms in total. The van der Waals surface area contributed by atoms with Crippen LogP contribution in [0.4, 0.5) is 8.78 Å². The van der Waals surface area contributed by atoms with E-state index >= 15 is 0 Å². The Kier molecular flexibility index (Phi) is 5.53. The third kappa shape index (κ3) is 4.64. The summed E-state index contributed by atoms with van der Waals surface area (Å²) < 4.78 is 29.4. The number of ether oxygens (including phenoxy) is 1. The van der Waals surface area contributed by atoms with Gasteiger partial charge in [0.25, 0.3) is 0 Å². The normalized spacial score (nSPS) is 19.5. The predicted octanol–water partition coefficient (Wildman–Crippen LogP) is 3.63. The van der Waals surface area contributed by atoms with Crippen LogP contribution in [0.25, 0.3) is 0 Å². The van der Waals surface area contributed by atoms with Crippen LogP contribution in [0, 0.1) is 0 Å². The van der Waals surface area contributed by atoms with E-state index in [-0.39, 0.29) is 11.8 Å². The topological polar surface area (TPSA) is 41.5 Å². The lowest BCUT2D eigenvalue weighted by Gasteiger charge is -2.33. The molecule has 0 amide bonds. The monoisotopic (exact) mass is 299 g/mol. The molecule has 1 aromatic carbocycles. The smallest absolute Gasteiger partial charge is 0.387 e. The lowest BCUT2D eigenvalue weighted by Crippen LogP contribution is -2.42. The van der Waals surface area contributed by atoms with Crippen LogP contribution < -0.4 is 10.1 Å². The van der Waals surface area contributed by atoms with Crippen molar-refractivity contribution in [3.05, 3.63) is 29.8 Å². The Hall–Kier alpha value is -1.20. The zero-order valence-corrected chi connectivity index (χ0v) is 12.3. The van der Waals surface area contributed by atoms with Crippen LogP contribution in [0.1, 0.15) is 50.6 Å². The maximum Gasteiger partial charge on any atom is 0.387 e. The van der Waals surface area contributed by atoms with Crippen molar-refractivity contribution in [2.45, 2.75) is 57.3 Å². The van der Waals surface area contributed by atoms with E-state index in [9.17, 15) is 13.9 Å². The standard InChI is InChI=1S/C16H23F2NO2/c1-12(19-11-16(20)9-5-2-6-10-16)13-7-3-4-8-14(13)21-15(17)18/h3-4,7-8,12,15,19-20H,2,5-6,9-11H2,1H3. The van der Waals surface area contributed by atoms with Gasteiger partial charge in [-0.3, -0.25) is 0 Å². The molecule has 1 atom stereocenters. The number of aliphatic hydroxyl groups is 1. The van der Waals surface area contributed by atoms with Gasteiger partial charge in [0, 0.05) is 18.2 Å². The van der Waals surface area contributed by atoms with Crippen molar-refractivity contribution in [2.24, 2.45) is 0 Å². The minimum absolute atomic E-state index is 0.161. The molecule has 0 bridgehead atoms. The molecule has 21 heavy (non-hydrogen) atoms. The van der Waals surface area contributed by atoms with Crippen LogP contribution >= 0.6 is 0 Å². The molecule has 0 aromatic heterocycles. The van der Waals surface area contributed by atoms with Crippen molar-refractivity contribution in [2.75, 3.05) is 6.54 Å². The molecule has 1 aromatic rings. The Morgan fingerprint density at radius 2 is 1.90 bits per heavy atom. The molecule has 0 heterocycles. The summed E-state index contributed by atoms with van der Waals surface area (Å²) >= 11 is 0. The fraction of sp³-hybridized carbons (Fsp3) is 0.625. The van der Waals surface area contributed by atoms with Crippen LogP contribution in [-0.2, 0) is 0 Å². The third-order valence-corrected chi connectivity index (χ3v) is 4.12. The van der Waals surface area contributed by atoms with Crippen molar-refractivity contribution in [3.8, 4) is 5.75 Å². The molecular formula is C16H23F2NO2. The van der Waals surface area contributed by atoms with Crippen LogP contribution in [-0.4, -0.2) is 23.9 Å². The molecule has 0 saturated heterocycles. The van der Waals surface area contributed by atoms with Crippen molar-refractivity contribution in [1.29, 1.82) is 0 Å². The Bertz CT molecular complexity index is 448. The third-order valence-electron chi connectivity index (χ3n) is 4.12. The molecule has 0 spiro atoms. The largest absolute Gasteiger partial charge is 0.434 e. The summed E-state index contributed by atoms with van der Waals surface area (Å²) in [6.45, 7) is -0.474. The Balaban J connectivity index is 1.98. The van der Waals surface area contributed by atoms with Gasteiger partial charge >= 0.3 is 6.61 Å². The molecule has 5 heteroatoms. The van der Waals surface area contributed by atoms with Crippen LogP contribution in [0.3, 0.4) is 0 Å². The predicted molar refractivity (Wildman–Crippen MR) is 77.5 cm³/mol. The number of nitrogens with one attached hydrogen (secondary N) is 1. The van der Waals surface area contributed by atoms with Gasteiger partial charge in [-0.2, -0.15) is 8.78 Å². The van der Waals surface area contributed by atoms with E-state index in [0.29, 0.717) is 12.1 Å². The molecule has 118 valence electrons. The summed E-state index contributed by atoms with van der Waals surface area (Å²) in [6, 6.07) is 6.60. The molecule has 2 rings (SSSR count). The highest BCUT2D eigenvalue weighted by atomic mass is 19.3. The van der Waals surface area contributed by atoms with E-state index in [0.717, 1.165) is 25.7 Å². The molecule has 1 aliphatic rings. The minimum atomic E-state index is -2.83. The van der Waals surface area contributed by atoms with Gasteiger partial charge in [-0.25, -0.2) is 0 Å². The highest BCUT2D eigenvalue weighted by Crippen LogP contribution is 2.30. The van der Waals surface area contributed by atoms with Gasteiger partial charge in [0.2, 0.25) is 0 Å². The molecule has 0 aliphatic heterocycles. The van der Waals surface area contributed by atoms with E-state index in [1.807, 2.05) is 6.92 Å². The second-order valence-electron chi connectivity index (χ2n) is 5.80. The first-order valence-corrected chi connectivity index (χ1v) is 7.50. The van der Waals surface area contributed by atoms with Crippen molar-refractivity contribution in [1.82, 2.24) is 5.32 Å². The van der Waals surface area contributed by atoms with E-state index in [1.165, 1.54) is 12.5 Å². The molecule has 2 N–H and O–H groups in total. The molecule has 1 aliphatic carbocycles. The summed E-state index contributed by atoms with van der Waals surface area (Å²) in [5.74, 6) is 0.183. The zero-order valence-electron chi connectivity index (χ0n) is 12.3. The van der Waals surface area contributed by atoms with Gasteiger partial charge in [0.15, 0.2) is 0 Å². The second kappa shape index (κ2) is 7.18. The van der Waals surface area contributed by atoms with Crippen molar-refractivity contribution in [3.63, 3.8) is 0 Å². The number of rotatable bonds is 6. The molecule has 0 radical (unpaired) electrons. The Labute approximate surface area is 124 Å². The first-order chi connectivity index (χ1) is 10.0. The first-order valence-electron chi connectivity index (χ1n) is 7.50. The van der Waals surface area contributed by atoms with Gasteiger partial charge < -0.3 is 15.2 Å². The SMILES string of the molecule is CC(NCC1(O)CCCCC1)c1ccccc1OC(F)F. The number of alkyl halides is 2. The quantitative estimate of drug-likeness (QED) is 0.842. The number of halogens is 2. The van der Waals surface area contributed by atoms with Crippen LogP contribution in [0.15, 0.2) is 24.3 Å². The lowest BCUT2D eigenvalue weighted by atomic mass is 9.84. The second-order valence-corrected chi connectivity index (χ2v) is 5.80. The summed E-state index contributed by atoms with van der Waals surface area (Å²) in [6.07, 6.45) is 4.84. The van der Waals surface area contributed by atoms with E-state index < -0.39 is 12.2 Å². The fourth-order valence-corrected chi connectivity index (χ4v) is 2.88. The minimum Gasteiger partial charge on any atom is -0.434 e. The van der Waals surface area contributed by atoms with Gasteiger partial charge in [0.1, 0.15) is 5.75 Å². The van der Waals surface area contributed by atoms with E-state index in [2.05, 4.69) is 10.1 Å². The number of hydrogen-bond acceptors (Lipinski definition) is 3. The van der Waals surface area contributed by atoms with Crippen molar-refractivity contribution >= 4 is 0 Å².